The van der Waals surface area contributed by atoms with Crippen molar-refractivity contribution in [2.24, 2.45) is 5.73 Å². The molecule has 0 radical (unpaired) electrons. The van der Waals surface area contributed by atoms with E-state index in [1.807, 2.05) is 30.3 Å². The van der Waals surface area contributed by atoms with Crippen molar-refractivity contribution in [3.8, 4) is 0 Å². The van der Waals surface area contributed by atoms with Crippen molar-refractivity contribution in [3.05, 3.63) is 65.7 Å². The summed E-state index contributed by atoms with van der Waals surface area (Å²) in [6.45, 7) is 0. The van der Waals surface area contributed by atoms with E-state index in [0.29, 0.717) is 17.0 Å². The number of benzene rings is 2. The van der Waals surface area contributed by atoms with Crippen LogP contribution < -0.4 is 11.1 Å². The summed E-state index contributed by atoms with van der Waals surface area (Å²) in [6, 6.07) is 16.7. The van der Waals surface area contributed by atoms with Gasteiger partial charge in [0.15, 0.2) is 0 Å². The van der Waals surface area contributed by atoms with E-state index in [4.69, 9.17) is 5.73 Å². The van der Waals surface area contributed by atoms with Crippen molar-refractivity contribution >= 4 is 29.3 Å². The fraction of sp³-hybridized carbons (Fsp3) is 0.125. The fourth-order valence-electron chi connectivity index (χ4n) is 1.83. The van der Waals surface area contributed by atoms with Gasteiger partial charge in [-0.3, -0.25) is 9.59 Å². The van der Waals surface area contributed by atoms with Crippen molar-refractivity contribution in [1.82, 2.24) is 0 Å². The molecule has 5 heteroatoms. The normalized spacial score (nSPS) is 10.1. The van der Waals surface area contributed by atoms with Gasteiger partial charge in [-0.25, -0.2) is 0 Å². The number of hydrogen-bond donors (Lipinski definition) is 2. The average molecular weight is 300 g/mol. The van der Waals surface area contributed by atoms with Gasteiger partial charge in [0.05, 0.1) is 17.0 Å². The number of anilines is 1. The maximum atomic E-state index is 11.9. The number of primary amides is 1. The van der Waals surface area contributed by atoms with Crippen LogP contribution in [0, 0.1) is 0 Å². The molecule has 0 aliphatic rings. The Bertz CT molecular complexity index is 629. The van der Waals surface area contributed by atoms with Gasteiger partial charge in [0, 0.05) is 5.75 Å². The summed E-state index contributed by atoms with van der Waals surface area (Å²) in [4.78, 5) is 23.2. The number of carbonyl (C=O) groups excluding carboxylic acids is 2. The quantitative estimate of drug-likeness (QED) is 0.861. The Morgan fingerprint density at radius 2 is 1.67 bits per heavy atom. The predicted octanol–water partition coefficient (Wildman–Crippen LogP) is 2.66. The zero-order valence-electron chi connectivity index (χ0n) is 11.4. The molecule has 0 heterocycles. The van der Waals surface area contributed by atoms with E-state index >= 15 is 0 Å². The molecule has 0 saturated heterocycles. The molecule has 2 rings (SSSR count). The van der Waals surface area contributed by atoms with Crippen LogP contribution in [0.1, 0.15) is 15.9 Å². The van der Waals surface area contributed by atoms with E-state index in [9.17, 15) is 9.59 Å². The number of amides is 2. The Balaban J connectivity index is 1.86. The third kappa shape index (κ3) is 4.65. The Morgan fingerprint density at radius 3 is 2.38 bits per heavy atom. The summed E-state index contributed by atoms with van der Waals surface area (Å²) in [5.74, 6) is 0.390. The molecular weight excluding hydrogens is 284 g/mol. The van der Waals surface area contributed by atoms with Crippen LogP contribution in [0.25, 0.3) is 0 Å². The van der Waals surface area contributed by atoms with Crippen LogP contribution in [0.5, 0.6) is 0 Å². The summed E-state index contributed by atoms with van der Waals surface area (Å²) < 4.78 is 0. The van der Waals surface area contributed by atoms with E-state index in [-0.39, 0.29) is 5.91 Å². The molecule has 2 aromatic rings. The second-order valence-electron chi connectivity index (χ2n) is 4.44. The van der Waals surface area contributed by atoms with E-state index < -0.39 is 5.91 Å². The molecule has 0 bridgehead atoms. The van der Waals surface area contributed by atoms with Gasteiger partial charge < -0.3 is 11.1 Å². The zero-order chi connectivity index (χ0) is 15.1. The van der Waals surface area contributed by atoms with Gasteiger partial charge in [-0.2, -0.15) is 0 Å². The standard InChI is InChI=1S/C16H16N2O2S/c17-16(20)13-8-4-5-9-14(13)18-15(19)11-21-10-12-6-2-1-3-7-12/h1-9H,10-11H2,(H2,17,20)(H,18,19). The van der Waals surface area contributed by atoms with Crippen molar-refractivity contribution in [3.63, 3.8) is 0 Å². The van der Waals surface area contributed by atoms with Gasteiger partial charge in [-0.05, 0) is 17.7 Å². The molecule has 2 aromatic carbocycles. The first-order valence-electron chi connectivity index (χ1n) is 6.47. The van der Waals surface area contributed by atoms with Crippen molar-refractivity contribution in [2.75, 3.05) is 11.1 Å². The molecular formula is C16H16N2O2S. The highest BCUT2D eigenvalue weighted by molar-refractivity contribution is 7.99. The highest BCUT2D eigenvalue weighted by atomic mass is 32.2. The molecule has 4 nitrogen and oxygen atoms in total. The number of nitrogens with two attached hydrogens (primary N) is 1. The van der Waals surface area contributed by atoms with Crippen LogP contribution in [0.2, 0.25) is 0 Å². The molecule has 108 valence electrons. The van der Waals surface area contributed by atoms with Crippen LogP contribution in [0.4, 0.5) is 5.69 Å². The first-order chi connectivity index (χ1) is 10.2. The van der Waals surface area contributed by atoms with Crippen LogP contribution >= 0.6 is 11.8 Å². The number of nitrogens with one attached hydrogen (secondary N) is 1. The highest BCUT2D eigenvalue weighted by Crippen LogP contribution is 2.16. The Labute approximate surface area is 127 Å². The minimum atomic E-state index is -0.553. The van der Waals surface area contributed by atoms with Crippen molar-refractivity contribution < 1.29 is 9.59 Å². The Morgan fingerprint density at radius 1 is 1.00 bits per heavy atom. The largest absolute Gasteiger partial charge is 0.366 e. The SMILES string of the molecule is NC(=O)c1ccccc1NC(=O)CSCc1ccccc1. The molecule has 0 spiro atoms. The summed E-state index contributed by atoms with van der Waals surface area (Å²) in [5.41, 5.74) is 7.22. The molecule has 2 amide bonds. The summed E-state index contributed by atoms with van der Waals surface area (Å²) in [5, 5.41) is 2.72. The van der Waals surface area contributed by atoms with Gasteiger partial charge in [-0.15, -0.1) is 11.8 Å². The van der Waals surface area contributed by atoms with Gasteiger partial charge in [0.25, 0.3) is 5.91 Å². The Kier molecular flexibility index (Phi) is 5.40. The van der Waals surface area contributed by atoms with Gasteiger partial charge in [0.1, 0.15) is 0 Å². The molecule has 0 aromatic heterocycles. The van der Waals surface area contributed by atoms with Gasteiger partial charge in [0.2, 0.25) is 5.91 Å². The summed E-state index contributed by atoms with van der Waals surface area (Å²) in [6.07, 6.45) is 0. The maximum Gasteiger partial charge on any atom is 0.250 e. The maximum absolute atomic E-state index is 11.9. The second kappa shape index (κ2) is 7.50. The van der Waals surface area contributed by atoms with E-state index in [1.165, 1.54) is 17.3 Å². The predicted molar refractivity (Wildman–Crippen MR) is 86.2 cm³/mol. The lowest BCUT2D eigenvalue weighted by atomic mass is 10.1. The monoisotopic (exact) mass is 300 g/mol. The third-order valence-corrected chi connectivity index (χ3v) is 3.82. The lowest BCUT2D eigenvalue weighted by Gasteiger charge is -2.08. The summed E-state index contributed by atoms with van der Waals surface area (Å²) in [7, 11) is 0. The number of rotatable bonds is 6. The second-order valence-corrected chi connectivity index (χ2v) is 5.42. The molecule has 0 atom stereocenters. The average Bonchev–Trinajstić information content (AvgIpc) is 2.48. The first-order valence-corrected chi connectivity index (χ1v) is 7.62. The number of hydrogen-bond acceptors (Lipinski definition) is 3. The molecule has 0 aliphatic heterocycles. The third-order valence-electron chi connectivity index (χ3n) is 2.81. The van der Waals surface area contributed by atoms with Crippen LogP contribution in [-0.4, -0.2) is 17.6 Å². The Hall–Kier alpha value is -2.27. The minimum Gasteiger partial charge on any atom is -0.366 e. The molecule has 21 heavy (non-hydrogen) atoms. The van der Waals surface area contributed by atoms with Crippen LogP contribution in [-0.2, 0) is 10.5 Å². The summed E-state index contributed by atoms with van der Waals surface area (Å²) >= 11 is 1.52. The smallest absolute Gasteiger partial charge is 0.250 e. The minimum absolute atomic E-state index is 0.148. The first kappa shape index (κ1) is 15.1. The molecule has 0 unspecified atom stereocenters. The lowest BCUT2D eigenvalue weighted by Crippen LogP contribution is -2.19. The van der Waals surface area contributed by atoms with Gasteiger partial charge in [-0.1, -0.05) is 42.5 Å². The van der Waals surface area contributed by atoms with E-state index in [2.05, 4.69) is 5.32 Å². The number of carbonyl (C=O) groups is 2. The molecule has 0 saturated carbocycles. The molecule has 0 aliphatic carbocycles. The van der Waals surface area contributed by atoms with Crippen molar-refractivity contribution in [1.29, 1.82) is 0 Å². The van der Waals surface area contributed by atoms with Crippen molar-refractivity contribution in [2.45, 2.75) is 5.75 Å². The highest BCUT2D eigenvalue weighted by Gasteiger charge is 2.10. The topological polar surface area (TPSA) is 72.2 Å². The zero-order valence-corrected chi connectivity index (χ0v) is 12.2. The fourth-order valence-corrected chi connectivity index (χ4v) is 2.62. The van der Waals surface area contributed by atoms with E-state index in [1.54, 1.807) is 24.3 Å². The molecule has 0 fully saturated rings. The number of thioether (sulfide) groups is 1. The van der Waals surface area contributed by atoms with E-state index in [0.717, 1.165) is 5.75 Å². The van der Waals surface area contributed by atoms with Gasteiger partial charge >= 0.3 is 0 Å². The lowest BCUT2D eigenvalue weighted by molar-refractivity contribution is -0.113. The van der Waals surface area contributed by atoms with Crippen LogP contribution in [0.15, 0.2) is 54.6 Å². The van der Waals surface area contributed by atoms with Crippen LogP contribution in [0.3, 0.4) is 0 Å². The molecule has 3 N–H and O–H groups in total. The number of para-hydroxylation sites is 1.